The van der Waals surface area contributed by atoms with Crippen molar-refractivity contribution in [2.75, 3.05) is 7.11 Å². The molecule has 0 aliphatic heterocycles. The van der Waals surface area contributed by atoms with Gasteiger partial charge in [0, 0.05) is 0 Å². The van der Waals surface area contributed by atoms with E-state index in [1.54, 1.807) is 18.2 Å². The van der Waals surface area contributed by atoms with Crippen LogP contribution in [-0.4, -0.2) is 18.1 Å². The lowest BCUT2D eigenvalue weighted by Gasteiger charge is -2.07. The molecule has 0 aliphatic rings. The maximum atomic E-state index is 11.0. The fourth-order valence-corrected chi connectivity index (χ4v) is 1.20. The van der Waals surface area contributed by atoms with Crippen molar-refractivity contribution in [3.8, 4) is 0 Å². The van der Waals surface area contributed by atoms with Gasteiger partial charge in [0.05, 0.1) is 12.8 Å². The summed E-state index contributed by atoms with van der Waals surface area (Å²) in [5.41, 5.74) is 6.05. The normalized spacial score (nSPS) is 12.2. The van der Waals surface area contributed by atoms with Crippen LogP contribution in [0.3, 0.4) is 0 Å². The Labute approximate surface area is 84.2 Å². The molecule has 0 unspecified atom stereocenters. The van der Waals surface area contributed by atoms with E-state index >= 15 is 0 Å². The number of carbonyl (C=O) groups is 1. The first-order valence-electron chi connectivity index (χ1n) is 3.61. The Morgan fingerprint density at radius 1 is 1.69 bits per heavy atom. The number of nitrogens with two attached hydrogens (primary N) is 1. The highest BCUT2D eigenvalue weighted by atomic mass is 79.9. The molecule has 4 nitrogen and oxygen atoms in total. The Morgan fingerprint density at radius 2 is 2.38 bits per heavy atom. The third-order valence-electron chi connectivity index (χ3n) is 1.51. The van der Waals surface area contributed by atoms with E-state index in [2.05, 4.69) is 25.7 Å². The molecule has 0 saturated heterocycles. The molecule has 0 aromatic carbocycles. The quantitative estimate of drug-likeness (QED) is 0.624. The van der Waals surface area contributed by atoms with Crippen LogP contribution >= 0.6 is 15.9 Å². The molecule has 1 aromatic heterocycles. The first kappa shape index (κ1) is 10.1. The van der Waals surface area contributed by atoms with E-state index in [0.29, 0.717) is 10.3 Å². The van der Waals surface area contributed by atoms with Gasteiger partial charge in [-0.3, -0.25) is 0 Å². The van der Waals surface area contributed by atoms with Gasteiger partial charge in [0.25, 0.3) is 0 Å². The van der Waals surface area contributed by atoms with Crippen LogP contribution in [0.4, 0.5) is 0 Å². The van der Waals surface area contributed by atoms with Crippen LogP contribution in [0.15, 0.2) is 22.8 Å². The standard InChI is InChI=1S/C8H9BrN2O2/c1-13-8(12)7(10)5-3-2-4-6(9)11-5/h2-4,7H,10H2,1H3/t7-/m1/s1. The van der Waals surface area contributed by atoms with Crippen molar-refractivity contribution in [1.29, 1.82) is 0 Å². The second-order valence-electron chi connectivity index (χ2n) is 2.39. The van der Waals surface area contributed by atoms with Crippen molar-refractivity contribution in [1.82, 2.24) is 4.98 Å². The summed E-state index contributed by atoms with van der Waals surface area (Å²) in [7, 11) is 1.29. The number of carbonyl (C=O) groups excluding carboxylic acids is 1. The number of nitrogens with zero attached hydrogens (tertiary/aromatic N) is 1. The maximum Gasteiger partial charge on any atom is 0.328 e. The molecule has 0 radical (unpaired) electrons. The lowest BCUT2D eigenvalue weighted by Crippen LogP contribution is -2.23. The van der Waals surface area contributed by atoms with E-state index in [0.717, 1.165) is 0 Å². The summed E-state index contributed by atoms with van der Waals surface area (Å²) in [6.07, 6.45) is 0. The zero-order valence-corrected chi connectivity index (χ0v) is 8.61. The molecule has 0 amide bonds. The van der Waals surface area contributed by atoms with Crippen LogP contribution in [0.25, 0.3) is 0 Å². The van der Waals surface area contributed by atoms with Crippen LogP contribution in [0.2, 0.25) is 0 Å². The van der Waals surface area contributed by atoms with Gasteiger partial charge in [-0.1, -0.05) is 6.07 Å². The highest BCUT2D eigenvalue weighted by Gasteiger charge is 2.17. The average Bonchev–Trinajstić information content (AvgIpc) is 2.15. The molecule has 1 rings (SSSR count). The number of methoxy groups -OCH3 is 1. The molecular formula is C8H9BrN2O2. The van der Waals surface area contributed by atoms with Crippen molar-refractivity contribution < 1.29 is 9.53 Å². The second kappa shape index (κ2) is 4.34. The Bertz CT molecular complexity index is 317. The minimum absolute atomic E-state index is 0.487. The fraction of sp³-hybridized carbons (Fsp3) is 0.250. The largest absolute Gasteiger partial charge is 0.468 e. The topological polar surface area (TPSA) is 65.2 Å². The third kappa shape index (κ3) is 2.50. The Kier molecular flexibility index (Phi) is 3.39. The van der Waals surface area contributed by atoms with Crippen molar-refractivity contribution in [2.45, 2.75) is 6.04 Å². The molecule has 1 aromatic rings. The monoisotopic (exact) mass is 244 g/mol. The molecule has 0 bridgehead atoms. The molecule has 13 heavy (non-hydrogen) atoms. The van der Waals surface area contributed by atoms with Gasteiger partial charge in [0.1, 0.15) is 10.6 Å². The van der Waals surface area contributed by atoms with Gasteiger partial charge < -0.3 is 10.5 Å². The number of ether oxygens (including phenoxy) is 1. The molecule has 0 saturated carbocycles. The highest BCUT2D eigenvalue weighted by molar-refractivity contribution is 9.10. The predicted octanol–water partition coefficient (Wildman–Crippen LogP) is 1.02. The SMILES string of the molecule is COC(=O)[C@H](N)c1cccc(Br)n1. The number of halogens is 1. The molecule has 0 aliphatic carbocycles. The number of pyridine rings is 1. The van der Waals surface area contributed by atoms with Gasteiger partial charge in [-0.15, -0.1) is 0 Å². The van der Waals surface area contributed by atoms with E-state index in [1.165, 1.54) is 7.11 Å². The number of aromatic nitrogens is 1. The highest BCUT2D eigenvalue weighted by Crippen LogP contribution is 2.12. The Hall–Kier alpha value is -0.940. The van der Waals surface area contributed by atoms with Gasteiger partial charge in [0.15, 0.2) is 0 Å². The summed E-state index contributed by atoms with van der Waals surface area (Å²) in [5, 5.41) is 0. The summed E-state index contributed by atoms with van der Waals surface area (Å²) < 4.78 is 5.13. The van der Waals surface area contributed by atoms with E-state index in [1.807, 2.05) is 0 Å². The van der Waals surface area contributed by atoms with Crippen LogP contribution in [-0.2, 0) is 9.53 Å². The van der Waals surface area contributed by atoms with Crippen LogP contribution in [0.1, 0.15) is 11.7 Å². The smallest absolute Gasteiger partial charge is 0.328 e. The first-order chi connectivity index (χ1) is 6.15. The lowest BCUT2D eigenvalue weighted by atomic mass is 10.2. The third-order valence-corrected chi connectivity index (χ3v) is 1.95. The molecule has 0 fully saturated rings. The van der Waals surface area contributed by atoms with Gasteiger partial charge in [-0.05, 0) is 28.1 Å². The van der Waals surface area contributed by atoms with Crippen molar-refractivity contribution in [2.24, 2.45) is 5.73 Å². The molecule has 70 valence electrons. The second-order valence-corrected chi connectivity index (χ2v) is 3.20. The van der Waals surface area contributed by atoms with Crippen LogP contribution < -0.4 is 5.73 Å². The summed E-state index contributed by atoms with van der Waals surface area (Å²) >= 11 is 3.18. The minimum atomic E-state index is -0.817. The van der Waals surface area contributed by atoms with E-state index in [4.69, 9.17) is 5.73 Å². The number of rotatable bonds is 2. The summed E-state index contributed by atoms with van der Waals surface area (Å²) in [6, 6.07) is 4.37. The molecule has 2 N–H and O–H groups in total. The molecule has 1 heterocycles. The predicted molar refractivity (Wildman–Crippen MR) is 50.9 cm³/mol. The first-order valence-corrected chi connectivity index (χ1v) is 4.40. The molecular weight excluding hydrogens is 236 g/mol. The van der Waals surface area contributed by atoms with Crippen LogP contribution in [0, 0.1) is 0 Å². The van der Waals surface area contributed by atoms with Crippen molar-refractivity contribution in [3.05, 3.63) is 28.5 Å². The Morgan fingerprint density at radius 3 is 2.92 bits per heavy atom. The number of esters is 1. The molecule has 5 heteroatoms. The summed E-state index contributed by atoms with van der Waals surface area (Å²) in [6.45, 7) is 0. The van der Waals surface area contributed by atoms with Crippen molar-refractivity contribution >= 4 is 21.9 Å². The molecule has 1 atom stereocenters. The maximum absolute atomic E-state index is 11.0. The number of hydrogen-bond donors (Lipinski definition) is 1. The zero-order chi connectivity index (χ0) is 9.84. The fourth-order valence-electron chi connectivity index (χ4n) is 0.845. The summed E-state index contributed by atoms with van der Waals surface area (Å²) in [5.74, 6) is -0.495. The lowest BCUT2D eigenvalue weighted by molar-refractivity contribution is -0.142. The van der Waals surface area contributed by atoms with Gasteiger partial charge >= 0.3 is 5.97 Å². The summed E-state index contributed by atoms with van der Waals surface area (Å²) in [4.78, 5) is 15.1. The number of hydrogen-bond acceptors (Lipinski definition) is 4. The Balaban J connectivity index is 2.88. The van der Waals surface area contributed by atoms with Gasteiger partial charge in [0.2, 0.25) is 0 Å². The zero-order valence-electron chi connectivity index (χ0n) is 7.03. The van der Waals surface area contributed by atoms with E-state index in [-0.39, 0.29) is 0 Å². The van der Waals surface area contributed by atoms with Crippen molar-refractivity contribution in [3.63, 3.8) is 0 Å². The van der Waals surface area contributed by atoms with Gasteiger partial charge in [-0.2, -0.15) is 0 Å². The van der Waals surface area contributed by atoms with E-state index in [9.17, 15) is 4.79 Å². The minimum Gasteiger partial charge on any atom is -0.468 e. The van der Waals surface area contributed by atoms with E-state index < -0.39 is 12.0 Å². The van der Waals surface area contributed by atoms with Crippen LogP contribution in [0.5, 0.6) is 0 Å². The average molecular weight is 245 g/mol. The molecule has 0 spiro atoms. The van der Waals surface area contributed by atoms with Gasteiger partial charge in [-0.25, -0.2) is 9.78 Å².